The van der Waals surface area contributed by atoms with Crippen LogP contribution in [0.1, 0.15) is 56.3 Å². The van der Waals surface area contributed by atoms with Crippen molar-refractivity contribution in [3.63, 3.8) is 0 Å². The lowest BCUT2D eigenvalue weighted by atomic mass is 10.2. The molecule has 1 amide bonds. The summed E-state index contributed by atoms with van der Waals surface area (Å²) >= 11 is 1.36. The Morgan fingerprint density at radius 2 is 2.16 bits per heavy atom. The maximum Gasteiger partial charge on any atom is 0.322 e. The first-order valence-corrected chi connectivity index (χ1v) is 9.54. The number of carbonyl (C=O) groups excluding carboxylic acids is 1. The summed E-state index contributed by atoms with van der Waals surface area (Å²) in [5, 5.41) is 19.7. The zero-order valence-corrected chi connectivity index (χ0v) is 14.8. The zero-order valence-electron chi connectivity index (χ0n) is 14.0. The van der Waals surface area contributed by atoms with Crippen LogP contribution in [-0.4, -0.2) is 43.2 Å². The molecule has 25 heavy (non-hydrogen) atoms. The molecule has 10 heteroatoms. The van der Waals surface area contributed by atoms with Crippen molar-refractivity contribution >= 4 is 23.7 Å². The summed E-state index contributed by atoms with van der Waals surface area (Å²) in [5.74, 6) is 1.97. The Morgan fingerprint density at radius 3 is 2.88 bits per heavy atom. The van der Waals surface area contributed by atoms with Crippen molar-refractivity contribution in [3.8, 4) is 0 Å². The minimum absolute atomic E-state index is 0.103. The monoisotopic (exact) mass is 364 g/mol. The van der Waals surface area contributed by atoms with Gasteiger partial charge in [-0.05, 0) is 32.6 Å². The van der Waals surface area contributed by atoms with Crippen LogP contribution in [0.4, 0.5) is 6.01 Å². The molecule has 1 atom stereocenters. The van der Waals surface area contributed by atoms with Crippen molar-refractivity contribution in [2.75, 3.05) is 17.7 Å². The third-order valence-electron chi connectivity index (χ3n) is 4.23. The summed E-state index contributed by atoms with van der Waals surface area (Å²) in [6.07, 6.45) is 4.03. The smallest absolute Gasteiger partial charge is 0.322 e. The Balaban J connectivity index is 1.32. The molecule has 9 nitrogen and oxygen atoms in total. The van der Waals surface area contributed by atoms with Gasteiger partial charge in [-0.1, -0.05) is 16.9 Å². The van der Waals surface area contributed by atoms with Crippen LogP contribution in [0.15, 0.2) is 9.57 Å². The molecular weight excluding hydrogens is 344 g/mol. The molecule has 2 aromatic heterocycles. The molecule has 0 radical (unpaired) electrons. The molecule has 1 unspecified atom stereocenters. The van der Waals surface area contributed by atoms with Crippen molar-refractivity contribution in [1.29, 1.82) is 0 Å². The molecule has 4 rings (SSSR count). The number of carbonyl (C=O) groups is 1. The predicted octanol–water partition coefficient (Wildman–Crippen LogP) is 2.14. The van der Waals surface area contributed by atoms with Crippen LogP contribution < -0.4 is 5.32 Å². The van der Waals surface area contributed by atoms with Gasteiger partial charge in [0.25, 0.3) is 0 Å². The van der Waals surface area contributed by atoms with E-state index in [2.05, 4.69) is 37.2 Å². The first kappa shape index (κ1) is 16.5. The molecule has 0 aromatic carbocycles. The molecule has 1 saturated heterocycles. The Hall–Kier alpha value is -1.94. The standard InChI is InChI=1S/C15H20N6O3S/c1-2-21-12(9-5-6-9)17-20-15(21)25-8-11(22)16-14-19-18-13(24-14)10-4-3-7-23-10/h9-10H,2-8H2,1H3,(H,16,19,22). The fraction of sp³-hybridized carbons (Fsp3) is 0.667. The molecule has 1 saturated carbocycles. The summed E-state index contributed by atoms with van der Waals surface area (Å²) in [4.78, 5) is 12.1. The van der Waals surface area contributed by atoms with E-state index in [0.717, 1.165) is 30.4 Å². The number of hydrogen-bond donors (Lipinski definition) is 1. The number of anilines is 1. The number of rotatable bonds is 7. The van der Waals surface area contributed by atoms with Crippen molar-refractivity contribution in [3.05, 3.63) is 11.7 Å². The first-order chi connectivity index (χ1) is 12.2. The van der Waals surface area contributed by atoms with Gasteiger partial charge in [0, 0.05) is 19.1 Å². The largest absolute Gasteiger partial charge is 0.405 e. The predicted molar refractivity (Wildman–Crippen MR) is 89.2 cm³/mol. The second-order valence-electron chi connectivity index (χ2n) is 6.14. The highest BCUT2D eigenvalue weighted by atomic mass is 32.2. The van der Waals surface area contributed by atoms with Crippen molar-refractivity contribution < 1.29 is 13.9 Å². The molecule has 2 aliphatic rings. The molecule has 0 bridgehead atoms. The van der Waals surface area contributed by atoms with Crippen LogP contribution in [0, 0.1) is 0 Å². The second-order valence-corrected chi connectivity index (χ2v) is 7.09. The molecule has 1 N–H and O–H groups in total. The van der Waals surface area contributed by atoms with Gasteiger partial charge in [-0.3, -0.25) is 10.1 Å². The fourth-order valence-electron chi connectivity index (χ4n) is 2.82. The van der Waals surface area contributed by atoms with Gasteiger partial charge in [0.15, 0.2) is 5.16 Å². The summed E-state index contributed by atoms with van der Waals surface area (Å²) in [7, 11) is 0. The summed E-state index contributed by atoms with van der Waals surface area (Å²) in [5.41, 5.74) is 0. The van der Waals surface area contributed by atoms with E-state index < -0.39 is 0 Å². The molecule has 3 heterocycles. The lowest BCUT2D eigenvalue weighted by Gasteiger charge is -2.06. The molecular formula is C15H20N6O3S. The van der Waals surface area contributed by atoms with Gasteiger partial charge in [0.1, 0.15) is 11.9 Å². The third-order valence-corrected chi connectivity index (χ3v) is 5.20. The number of nitrogens with one attached hydrogen (secondary N) is 1. The van der Waals surface area contributed by atoms with E-state index in [1.165, 1.54) is 24.6 Å². The summed E-state index contributed by atoms with van der Waals surface area (Å²) in [6.45, 7) is 3.56. The maximum absolute atomic E-state index is 12.1. The normalized spacial score (nSPS) is 20.1. The van der Waals surface area contributed by atoms with Gasteiger partial charge < -0.3 is 13.7 Å². The first-order valence-electron chi connectivity index (χ1n) is 8.55. The Morgan fingerprint density at radius 1 is 1.28 bits per heavy atom. The van der Waals surface area contributed by atoms with E-state index in [-0.39, 0.29) is 23.8 Å². The van der Waals surface area contributed by atoms with Gasteiger partial charge in [0.2, 0.25) is 11.8 Å². The molecule has 134 valence electrons. The molecule has 1 aliphatic carbocycles. The zero-order chi connectivity index (χ0) is 17.2. The number of aromatic nitrogens is 5. The molecule has 2 aromatic rings. The van der Waals surface area contributed by atoms with Crippen LogP contribution in [0.5, 0.6) is 0 Å². The number of hydrogen-bond acceptors (Lipinski definition) is 8. The van der Waals surface area contributed by atoms with E-state index in [1.54, 1.807) is 0 Å². The second kappa shape index (κ2) is 7.12. The van der Waals surface area contributed by atoms with Gasteiger partial charge in [-0.2, -0.15) is 0 Å². The van der Waals surface area contributed by atoms with Crippen LogP contribution in [0.3, 0.4) is 0 Å². The maximum atomic E-state index is 12.1. The summed E-state index contributed by atoms with van der Waals surface area (Å²) in [6, 6.07) is 0.103. The molecule has 2 fully saturated rings. The van der Waals surface area contributed by atoms with Gasteiger partial charge in [-0.25, -0.2) is 0 Å². The van der Waals surface area contributed by atoms with E-state index >= 15 is 0 Å². The van der Waals surface area contributed by atoms with Crippen molar-refractivity contribution in [2.24, 2.45) is 0 Å². The van der Waals surface area contributed by atoms with E-state index in [1.807, 2.05) is 0 Å². The van der Waals surface area contributed by atoms with Gasteiger partial charge in [-0.15, -0.1) is 15.3 Å². The van der Waals surface area contributed by atoms with Crippen molar-refractivity contribution in [1.82, 2.24) is 25.0 Å². The highest BCUT2D eigenvalue weighted by Crippen LogP contribution is 2.40. The lowest BCUT2D eigenvalue weighted by Crippen LogP contribution is -2.15. The highest BCUT2D eigenvalue weighted by molar-refractivity contribution is 7.99. The number of thioether (sulfide) groups is 1. The third kappa shape index (κ3) is 3.69. The van der Waals surface area contributed by atoms with Crippen LogP contribution in [0.2, 0.25) is 0 Å². The molecule has 1 aliphatic heterocycles. The molecule has 0 spiro atoms. The number of nitrogens with zero attached hydrogens (tertiary/aromatic N) is 5. The van der Waals surface area contributed by atoms with Crippen LogP contribution >= 0.6 is 11.8 Å². The Labute approximate surface area is 148 Å². The van der Waals surface area contributed by atoms with Crippen LogP contribution in [0.25, 0.3) is 0 Å². The van der Waals surface area contributed by atoms with E-state index in [4.69, 9.17) is 9.15 Å². The average molecular weight is 364 g/mol. The van der Waals surface area contributed by atoms with E-state index in [0.29, 0.717) is 18.4 Å². The SMILES string of the molecule is CCn1c(SCC(=O)Nc2nnc(C3CCCO3)o2)nnc1C1CC1. The van der Waals surface area contributed by atoms with Crippen molar-refractivity contribution in [2.45, 2.75) is 56.3 Å². The average Bonchev–Trinajstić information content (AvgIpc) is 3.05. The van der Waals surface area contributed by atoms with Gasteiger partial charge in [0.05, 0.1) is 5.75 Å². The Kier molecular flexibility index (Phi) is 4.71. The highest BCUT2D eigenvalue weighted by Gasteiger charge is 2.30. The quantitative estimate of drug-likeness (QED) is 0.745. The fourth-order valence-corrected chi connectivity index (χ4v) is 3.63. The topological polar surface area (TPSA) is 108 Å². The van der Waals surface area contributed by atoms with Gasteiger partial charge >= 0.3 is 6.01 Å². The summed E-state index contributed by atoms with van der Waals surface area (Å²) < 4.78 is 13.0. The van der Waals surface area contributed by atoms with E-state index in [9.17, 15) is 4.79 Å². The number of ether oxygens (including phenoxy) is 1. The minimum Gasteiger partial charge on any atom is -0.405 e. The number of amides is 1. The Bertz CT molecular complexity index is 750. The lowest BCUT2D eigenvalue weighted by molar-refractivity contribution is -0.113. The minimum atomic E-state index is -0.217. The van der Waals surface area contributed by atoms with Crippen LogP contribution in [-0.2, 0) is 16.1 Å².